The van der Waals surface area contributed by atoms with E-state index in [0.717, 1.165) is 28.6 Å². The summed E-state index contributed by atoms with van der Waals surface area (Å²) in [4.78, 5) is 10.5. The van der Waals surface area contributed by atoms with Crippen LogP contribution in [-0.2, 0) is 10.8 Å². The molecule has 0 unspecified atom stereocenters. The van der Waals surface area contributed by atoms with Gasteiger partial charge in [-0.3, -0.25) is 4.90 Å². The van der Waals surface area contributed by atoms with Crippen LogP contribution in [0.25, 0.3) is 16.6 Å². The average Bonchev–Trinajstić information content (AvgIpc) is 3.49. The maximum absolute atomic E-state index is 5.51. The van der Waals surface area contributed by atoms with E-state index in [9.17, 15) is 0 Å². The van der Waals surface area contributed by atoms with E-state index in [4.69, 9.17) is 4.98 Å². The number of hydrogen-bond acceptors (Lipinski definition) is 3. The topological polar surface area (TPSA) is 24.3 Å². The number of aromatic nitrogens is 2. The van der Waals surface area contributed by atoms with Crippen molar-refractivity contribution >= 4 is 68.4 Å². The molecule has 0 spiro atoms. The number of pyridine rings is 1. The highest BCUT2D eigenvalue weighted by Crippen LogP contribution is 2.47. The first-order valence-corrected chi connectivity index (χ1v) is 19.5. The number of hydrogen-bond donors (Lipinski definition) is 0. The molecule has 7 aromatic rings. The zero-order valence-electron chi connectivity index (χ0n) is 33.1. The second-order valence-corrected chi connectivity index (χ2v) is 17.6. The first-order valence-electron chi connectivity index (χ1n) is 19.5. The lowest BCUT2D eigenvalue weighted by atomic mass is 9.35. The van der Waals surface area contributed by atoms with E-state index < -0.39 is 0 Å². The van der Waals surface area contributed by atoms with Crippen LogP contribution in [0.4, 0.5) is 34.3 Å². The molecule has 0 saturated heterocycles. The number of benzene rings is 5. The molecule has 5 heteroatoms. The van der Waals surface area contributed by atoms with Crippen molar-refractivity contribution in [2.24, 2.45) is 0 Å². The molecule has 4 nitrogen and oxygen atoms in total. The standard InChI is InChI=1S/C49H49BN4/c1-31(2)33-19-24-37(25-20-33)52-43-29-32(3)51-47-44(43)50(46-45(52)39-17-13-14-18-41(39)53(46)36-15-11-10-12-16-36)40-28-23-35(49(7,8)9)30-42(40)54(47)38-26-21-34(22-27-38)48(4,5)6/h10-31H,1-9H3. The second-order valence-electron chi connectivity index (χ2n) is 17.6. The summed E-state index contributed by atoms with van der Waals surface area (Å²) in [5.41, 5.74) is 17.0. The smallest absolute Gasteiger partial charge is 0.275 e. The molecule has 9 rings (SSSR count). The van der Waals surface area contributed by atoms with E-state index in [1.165, 1.54) is 61.2 Å². The summed E-state index contributed by atoms with van der Waals surface area (Å²) < 4.78 is 2.52. The molecule has 2 aliphatic heterocycles. The molecule has 0 N–H and O–H groups in total. The van der Waals surface area contributed by atoms with Crippen LogP contribution in [0.3, 0.4) is 0 Å². The fourth-order valence-corrected chi connectivity index (χ4v) is 8.65. The van der Waals surface area contributed by atoms with Crippen LogP contribution < -0.4 is 26.3 Å². The van der Waals surface area contributed by atoms with Gasteiger partial charge in [-0.2, -0.15) is 0 Å². The number of para-hydroxylation sites is 2. The largest absolute Gasteiger partial charge is 0.319 e. The molecule has 2 aromatic heterocycles. The minimum Gasteiger partial charge on any atom is -0.319 e. The summed E-state index contributed by atoms with van der Waals surface area (Å²) >= 11 is 0. The first kappa shape index (κ1) is 34.2. The summed E-state index contributed by atoms with van der Waals surface area (Å²) in [5.74, 6) is 1.44. The van der Waals surface area contributed by atoms with Crippen LogP contribution in [0.1, 0.15) is 83.7 Å². The van der Waals surface area contributed by atoms with Crippen molar-refractivity contribution in [2.75, 3.05) is 9.80 Å². The van der Waals surface area contributed by atoms with Crippen molar-refractivity contribution in [1.82, 2.24) is 9.55 Å². The van der Waals surface area contributed by atoms with Gasteiger partial charge in [0.1, 0.15) is 5.82 Å². The lowest BCUT2D eigenvalue weighted by Crippen LogP contribution is -2.63. The molecule has 0 aliphatic carbocycles. The number of rotatable bonds is 4. The summed E-state index contributed by atoms with van der Waals surface area (Å²) in [6, 6.07) is 47.8. The minimum absolute atomic E-state index is 0.0299. The van der Waals surface area contributed by atoms with E-state index >= 15 is 0 Å². The van der Waals surface area contributed by atoms with E-state index in [1.807, 2.05) is 0 Å². The zero-order valence-corrected chi connectivity index (χ0v) is 33.1. The Balaban J connectivity index is 1.43. The van der Waals surface area contributed by atoms with Gasteiger partial charge in [0.05, 0.1) is 11.2 Å². The predicted octanol–water partition coefficient (Wildman–Crippen LogP) is 11.1. The third kappa shape index (κ3) is 5.31. The number of anilines is 6. The van der Waals surface area contributed by atoms with Crippen molar-refractivity contribution in [2.45, 2.75) is 79.1 Å². The SMILES string of the molecule is Cc1cc2c3c(n1)N(c1ccc(C(C)(C)C)cc1)c1cc(C(C)(C)C)ccc1B3c1c(c3ccccc3n1-c1ccccc1)N2c1ccc(C(C)C)cc1. The Morgan fingerprint density at radius 1 is 0.593 bits per heavy atom. The zero-order chi connectivity index (χ0) is 37.7. The Kier molecular flexibility index (Phi) is 7.76. The molecule has 0 amide bonds. The molecule has 0 atom stereocenters. The first-order chi connectivity index (χ1) is 25.8. The Morgan fingerprint density at radius 3 is 1.87 bits per heavy atom. The highest BCUT2D eigenvalue weighted by atomic mass is 15.2. The fourth-order valence-electron chi connectivity index (χ4n) is 8.65. The van der Waals surface area contributed by atoms with Crippen molar-refractivity contribution in [1.29, 1.82) is 0 Å². The van der Waals surface area contributed by atoms with Gasteiger partial charge >= 0.3 is 0 Å². The molecule has 268 valence electrons. The third-order valence-corrected chi connectivity index (χ3v) is 11.5. The van der Waals surface area contributed by atoms with E-state index in [0.29, 0.717) is 5.92 Å². The monoisotopic (exact) mass is 704 g/mol. The van der Waals surface area contributed by atoms with Gasteiger partial charge in [0.25, 0.3) is 6.71 Å². The molecule has 4 heterocycles. The number of fused-ring (bicyclic) bond motifs is 6. The second kappa shape index (κ2) is 12.2. The van der Waals surface area contributed by atoms with Gasteiger partial charge in [0, 0.05) is 45.1 Å². The Hall–Kier alpha value is -5.55. The fraction of sp³-hybridized carbons (Fsp3) is 0.245. The maximum atomic E-state index is 5.51. The van der Waals surface area contributed by atoms with Crippen molar-refractivity contribution < 1.29 is 0 Å². The summed E-state index contributed by atoms with van der Waals surface area (Å²) in [7, 11) is 0. The van der Waals surface area contributed by atoms with Gasteiger partial charge in [0.15, 0.2) is 0 Å². The molecular weight excluding hydrogens is 655 g/mol. The average molecular weight is 705 g/mol. The van der Waals surface area contributed by atoms with Crippen LogP contribution in [0.2, 0.25) is 0 Å². The van der Waals surface area contributed by atoms with Crippen molar-refractivity contribution in [3.8, 4) is 5.69 Å². The Bertz CT molecular complexity index is 2550. The quantitative estimate of drug-likeness (QED) is 0.171. The van der Waals surface area contributed by atoms with Crippen LogP contribution in [0.5, 0.6) is 0 Å². The summed E-state index contributed by atoms with van der Waals surface area (Å²) in [6.07, 6.45) is 0. The summed E-state index contributed by atoms with van der Waals surface area (Å²) in [6.45, 7) is 20.4. The highest BCUT2D eigenvalue weighted by molar-refractivity contribution is 7.00. The maximum Gasteiger partial charge on any atom is 0.275 e. The van der Waals surface area contributed by atoms with E-state index in [2.05, 4.69) is 204 Å². The van der Waals surface area contributed by atoms with E-state index in [-0.39, 0.29) is 17.5 Å². The molecule has 0 radical (unpaired) electrons. The van der Waals surface area contributed by atoms with Gasteiger partial charge in [-0.05, 0) is 106 Å². The van der Waals surface area contributed by atoms with Gasteiger partial charge in [-0.25, -0.2) is 4.98 Å². The Labute approximate surface area is 321 Å². The van der Waals surface area contributed by atoms with Gasteiger partial charge in [0.2, 0.25) is 0 Å². The van der Waals surface area contributed by atoms with Crippen LogP contribution in [0, 0.1) is 6.92 Å². The molecule has 54 heavy (non-hydrogen) atoms. The molecule has 5 aromatic carbocycles. The van der Waals surface area contributed by atoms with Gasteiger partial charge in [-0.1, -0.05) is 128 Å². The molecule has 0 fully saturated rings. The van der Waals surface area contributed by atoms with Gasteiger partial charge < -0.3 is 9.47 Å². The van der Waals surface area contributed by atoms with Crippen LogP contribution in [0.15, 0.2) is 127 Å². The molecular formula is C49H49BN4. The highest BCUT2D eigenvalue weighted by Gasteiger charge is 2.47. The Morgan fingerprint density at radius 2 is 1.20 bits per heavy atom. The van der Waals surface area contributed by atoms with Crippen molar-refractivity contribution in [3.63, 3.8) is 0 Å². The molecule has 0 bridgehead atoms. The molecule has 0 saturated carbocycles. The third-order valence-electron chi connectivity index (χ3n) is 11.5. The van der Waals surface area contributed by atoms with Crippen LogP contribution >= 0.6 is 0 Å². The predicted molar refractivity (Wildman–Crippen MR) is 231 cm³/mol. The normalized spacial score (nSPS) is 13.7. The lowest BCUT2D eigenvalue weighted by Gasteiger charge is -2.43. The number of aryl methyl sites for hydroxylation is 1. The minimum atomic E-state index is -0.0639. The van der Waals surface area contributed by atoms with Crippen LogP contribution in [-0.4, -0.2) is 16.3 Å². The lowest BCUT2D eigenvalue weighted by molar-refractivity contribution is 0.590. The van der Waals surface area contributed by atoms with E-state index in [1.54, 1.807) is 0 Å². The molecule has 2 aliphatic rings. The van der Waals surface area contributed by atoms with Gasteiger partial charge in [-0.15, -0.1) is 0 Å². The number of nitrogens with zero attached hydrogens (tertiary/aromatic N) is 4. The van der Waals surface area contributed by atoms with Crippen molar-refractivity contribution in [3.05, 3.63) is 150 Å². The summed E-state index contributed by atoms with van der Waals surface area (Å²) in [5, 5.41) is 1.24.